The second-order valence-electron chi connectivity index (χ2n) is 6.33. The zero-order valence-electron chi connectivity index (χ0n) is 15.1. The molecule has 3 rings (SSSR count). The molecule has 0 aromatic heterocycles. The van der Waals surface area contributed by atoms with Crippen molar-refractivity contribution in [1.82, 2.24) is 9.21 Å². The molecule has 0 aliphatic carbocycles. The smallest absolute Gasteiger partial charge is 0.312 e. The van der Waals surface area contributed by atoms with Gasteiger partial charge in [0.15, 0.2) is 0 Å². The molecule has 28 heavy (non-hydrogen) atoms. The lowest BCUT2D eigenvalue weighted by molar-refractivity contribution is -0.385. The lowest BCUT2D eigenvalue weighted by atomic mass is 10.2. The van der Waals surface area contributed by atoms with Crippen LogP contribution in [0.2, 0.25) is 0 Å². The highest BCUT2D eigenvalue weighted by molar-refractivity contribution is 7.89. The van der Waals surface area contributed by atoms with Crippen LogP contribution in [0.25, 0.3) is 0 Å². The first kappa shape index (κ1) is 19.8. The first-order valence-corrected chi connectivity index (χ1v) is 9.90. The largest absolute Gasteiger partial charge is 0.450 e. The van der Waals surface area contributed by atoms with E-state index in [-0.39, 0.29) is 10.6 Å². The Bertz CT molecular complexity index is 1020. The lowest BCUT2D eigenvalue weighted by Gasteiger charge is -2.31. The van der Waals surface area contributed by atoms with E-state index in [1.54, 1.807) is 0 Å². The first-order valence-electron chi connectivity index (χ1n) is 8.46. The molecule has 0 amide bonds. The summed E-state index contributed by atoms with van der Waals surface area (Å²) < 4.78 is 32.5. The third-order valence-electron chi connectivity index (χ3n) is 4.44. The van der Waals surface area contributed by atoms with Gasteiger partial charge in [0.1, 0.15) is 5.75 Å². The standard InChI is InChI=1S/C18H18N4O5S/c1-20-8-10-21(11-9-20)28(25,26)16-6-7-18(17(12-16)22(23)24)27-15-4-2-14(13-19)3-5-15/h2-7,12H,8-11H2,1H3. The molecule has 0 unspecified atom stereocenters. The first-order chi connectivity index (χ1) is 13.3. The molecule has 0 N–H and O–H groups in total. The van der Waals surface area contributed by atoms with Gasteiger partial charge in [0.25, 0.3) is 0 Å². The maximum absolute atomic E-state index is 12.8. The molecule has 9 nitrogen and oxygen atoms in total. The molecule has 1 heterocycles. The Morgan fingerprint density at radius 2 is 1.75 bits per heavy atom. The van der Waals surface area contributed by atoms with Crippen LogP contribution >= 0.6 is 0 Å². The minimum Gasteiger partial charge on any atom is -0.450 e. The van der Waals surface area contributed by atoms with E-state index < -0.39 is 20.6 Å². The van der Waals surface area contributed by atoms with Crippen molar-refractivity contribution in [3.8, 4) is 17.6 Å². The lowest BCUT2D eigenvalue weighted by Crippen LogP contribution is -2.47. The number of ether oxygens (including phenoxy) is 1. The summed E-state index contributed by atoms with van der Waals surface area (Å²) >= 11 is 0. The van der Waals surface area contributed by atoms with Gasteiger partial charge in [0.2, 0.25) is 15.8 Å². The highest BCUT2D eigenvalue weighted by atomic mass is 32.2. The van der Waals surface area contributed by atoms with Crippen molar-refractivity contribution in [3.63, 3.8) is 0 Å². The fourth-order valence-electron chi connectivity index (χ4n) is 2.79. The number of nitrogens with zero attached hydrogens (tertiary/aromatic N) is 4. The van der Waals surface area contributed by atoms with Gasteiger partial charge in [-0.05, 0) is 43.4 Å². The van der Waals surface area contributed by atoms with Crippen LogP contribution in [0.1, 0.15) is 5.56 Å². The summed E-state index contributed by atoms with van der Waals surface area (Å²) in [6.07, 6.45) is 0. The van der Waals surface area contributed by atoms with E-state index in [0.29, 0.717) is 37.5 Å². The van der Waals surface area contributed by atoms with E-state index in [0.717, 1.165) is 6.07 Å². The van der Waals surface area contributed by atoms with Crippen molar-refractivity contribution >= 4 is 15.7 Å². The molecule has 0 spiro atoms. The Balaban J connectivity index is 1.90. The zero-order valence-corrected chi connectivity index (χ0v) is 15.9. The van der Waals surface area contributed by atoms with E-state index in [2.05, 4.69) is 0 Å². The molecule has 0 atom stereocenters. The Morgan fingerprint density at radius 3 is 2.32 bits per heavy atom. The number of nitriles is 1. The van der Waals surface area contributed by atoms with Crippen LogP contribution in [0.3, 0.4) is 0 Å². The van der Waals surface area contributed by atoms with Gasteiger partial charge in [-0.15, -0.1) is 0 Å². The SMILES string of the molecule is CN1CCN(S(=O)(=O)c2ccc(Oc3ccc(C#N)cc3)c([N+](=O)[O-])c2)CC1. The topological polar surface area (TPSA) is 117 Å². The van der Waals surface area contributed by atoms with Crippen LogP contribution < -0.4 is 4.74 Å². The van der Waals surface area contributed by atoms with Gasteiger partial charge in [0.05, 0.1) is 21.5 Å². The number of hydrogen-bond acceptors (Lipinski definition) is 7. The number of nitro groups is 1. The average molecular weight is 402 g/mol. The van der Waals surface area contributed by atoms with Crippen molar-refractivity contribution in [2.45, 2.75) is 4.90 Å². The number of likely N-dealkylation sites (N-methyl/N-ethyl adjacent to an activating group) is 1. The number of hydrogen-bond donors (Lipinski definition) is 0. The fourth-order valence-corrected chi connectivity index (χ4v) is 4.23. The highest BCUT2D eigenvalue weighted by Gasteiger charge is 2.30. The molecule has 1 aliphatic heterocycles. The maximum atomic E-state index is 12.8. The van der Waals surface area contributed by atoms with Gasteiger partial charge in [-0.1, -0.05) is 0 Å². The van der Waals surface area contributed by atoms with Crippen molar-refractivity contribution in [1.29, 1.82) is 5.26 Å². The van der Waals surface area contributed by atoms with Crippen LogP contribution in [-0.4, -0.2) is 55.8 Å². The van der Waals surface area contributed by atoms with E-state index in [1.165, 1.54) is 40.7 Å². The fraction of sp³-hybridized carbons (Fsp3) is 0.278. The predicted molar refractivity (Wildman–Crippen MR) is 101 cm³/mol. The maximum Gasteiger partial charge on any atom is 0.312 e. The molecular formula is C18H18N4O5S. The molecule has 2 aromatic rings. The van der Waals surface area contributed by atoms with Crippen molar-refractivity contribution in [3.05, 3.63) is 58.1 Å². The summed E-state index contributed by atoms with van der Waals surface area (Å²) in [5.74, 6) is 0.226. The minimum atomic E-state index is -3.83. The molecule has 10 heteroatoms. The van der Waals surface area contributed by atoms with E-state index in [4.69, 9.17) is 10.00 Å². The summed E-state index contributed by atoms with van der Waals surface area (Å²) in [5.41, 5.74) is -0.0185. The van der Waals surface area contributed by atoms with Crippen LogP contribution in [0.5, 0.6) is 11.5 Å². The van der Waals surface area contributed by atoms with Crippen LogP contribution in [-0.2, 0) is 10.0 Å². The summed E-state index contributed by atoms with van der Waals surface area (Å²) in [7, 11) is -1.92. The van der Waals surface area contributed by atoms with Gasteiger partial charge in [0, 0.05) is 32.2 Å². The minimum absolute atomic E-state index is 0.0768. The van der Waals surface area contributed by atoms with Gasteiger partial charge in [-0.3, -0.25) is 10.1 Å². The van der Waals surface area contributed by atoms with Gasteiger partial charge >= 0.3 is 5.69 Å². The predicted octanol–water partition coefficient (Wildman–Crippen LogP) is 2.19. The third kappa shape index (κ3) is 4.12. The number of benzene rings is 2. The molecular weight excluding hydrogens is 384 g/mol. The Hall–Kier alpha value is -3.00. The Kier molecular flexibility index (Phi) is 5.60. The van der Waals surface area contributed by atoms with E-state index >= 15 is 0 Å². The molecule has 1 fully saturated rings. The molecule has 1 saturated heterocycles. The van der Waals surface area contributed by atoms with Crippen LogP contribution in [0.15, 0.2) is 47.4 Å². The Morgan fingerprint density at radius 1 is 1.11 bits per heavy atom. The number of sulfonamides is 1. The quantitative estimate of drug-likeness (QED) is 0.556. The molecule has 0 saturated carbocycles. The van der Waals surface area contributed by atoms with Gasteiger partial charge in [-0.2, -0.15) is 9.57 Å². The summed E-state index contributed by atoms with van der Waals surface area (Å²) in [6, 6.07) is 11.6. The summed E-state index contributed by atoms with van der Waals surface area (Å²) in [6.45, 7) is 1.86. The third-order valence-corrected chi connectivity index (χ3v) is 6.33. The number of piperazine rings is 1. The van der Waals surface area contributed by atoms with Gasteiger partial charge in [-0.25, -0.2) is 8.42 Å². The van der Waals surface area contributed by atoms with Gasteiger partial charge < -0.3 is 9.64 Å². The second-order valence-corrected chi connectivity index (χ2v) is 8.27. The van der Waals surface area contributed by atoms with Crippen LogP contribution in [0, 0.1) is 21.4 Å². The van der Waals surface area contributed by atoms with E-state index in [1.807, 2.05) is 18.0 Å². The van der Waals surface area contributed by atoms with Crippen molar-refractivity contribution in [2.24, 2.45) is 0 Å². The number of nitro benzene ring substituents is 1. The second kappa shape index (κ2) is 7.93. The zero-order chi connectivity index (χ0) is 20.3. The highest BCUT2D eigenvalue weighted by Crippen LogP contribution is 2.34. The Labute approximate surface area is 162 Å². The summed E-state index contributed by atoms with van der Waals surface area (Å²) in [5, 5.41) is 20.3. The summed E-state index contributed by atoms with van der Waals surface area (Å²) in [4.78, 5) is 12.7. The molecule has 146 valence electrons. The van der Waals surface area contributed by atoms with Crippen molar-refractivity contribution < 1.29 is 18.1 Å². The normalized spacial score (nSPS) is 15.7. The average Bonchev–Trinajstić information content (AvgIpc) is 2.69. The monoisotopic (exact) mass is 402 g/mol. The molecule has 1 aliphatic rings. The molecule has 0 radical (unpaired) electrons. The molecule has 2 aromatic carbocycles. The van der Waals surface area contributed by atoms with E-state index in [9.17, 15) is 18.5 Å². The number of rotatable bonds is 5. The molecule has 0 bridgehead atoms. The van der Waals surface area contributed by atoms with Crippen molar-refractivity contribution in [2.75, 3.05) is 33.2 Å². The van der Waals surface area contributed by atoms with Crippen LogP contribution in [0.4, 0.5) is 5.69 Å².